The van der Waals surface area contributed by atoms with Crippen LogP contribution in [0.1, 0.15) is 25.0 Å². The second-order valence-corrected chi connectivity index (χ2v) is 17.3. The highest BCUT2D eigenvalue weighted by Crippen LogP contribution is 2.52. The first-order valence-corrected chi connectivity index (χ1v) is 21.7. The molecule has 12 rings (SSSR count). The maximum atomic E-state index is 2.43. The van der Waals surface area contributed by atoms with Crippen molar-refractivity contribution in [3.8, 4) is 44.5 Å². The van der Waals surface area contributed by atoms with Gasteiger partial charge in [-0.3, -0.25) is 0 Å². The van der Waals surface area contributed by atoms with Gasteiger partial charge in [-0.2, -0.15) is 0 Å². The SMILES string of the molecule is CC1(C)c2ccccc2-c2cccc(-c3ccc(N(c4cccc(-c5cccc(-c6cccc7ccccc67)c5)c4)c4ccc5c6ccccc6c6ccccc6c5c4)cc3)c21. The van der Waals surface area contributed by atoms with Gasteiger partial charge in [0.05, 0.1) is 0 Å². The lowest BCUT2D eigenvalue weighted by Crippen LogP contribution is -2.16. The normalized spacial score (nSPS) is 12.8. The molecule has 0 atom stereocenters. The third-order valence-electron chi connectivity index (χ3n) is 13.4. The molecule has 11 aromatic carbocycles. The standard InChI is InChI=1S/C61H43N/c1-61(2)59-30-10-9-26-56(59)57-29-14-28-50(60(57)61)41-31-33-45(34-32-41)62(47-35-36-55-53-24-6-5-22-51(53)52-23-7-8-25-54(52)58(55)39-47)46-20-12-18-43(38-46)42-17-11-19-44(37-42)49-27-13-16-40-15-3-4-21-48(40)49/h3-39H,1-2H3. The summed E-state index contributed by atoms with van der Waals surface area (Å²) in [5.74, 6) is 0. The molecule has 1 aliphatic carbocycles. The Hall–Kier alpha value is -7.74. The molecular formula is C61H43N. The number of nitrogens with zero attached hydrogens (tertiary/aromatic N) is 1. The zero-order valence-electron chi connectivity index (χ0n) is 34.8. The highest BCUT2D eigenvalue weighted by molar-refractivity contribution is 6.25. The summed E-state index contributed by atoms with van der Waals surface area (Å²) in [6.45, 7) is 4.74. The van der Waals surface area contributed by atoms with E-state index in [0.717, 1.165) is 17.1 Å². The number of hydrogen-bond acceptors (Lipinski definition) is 1. The van der Waals surface area contributed by atoms with Crippen LogP contribution in [0.3, 0.4) is 0 Å². The average molecular weight is 790 g/mol. The fraction of sp³-hybridized carbons (Fsp3) is 0.0492. The molecule has 0 spiro atoms. The fourth-order valence-corrected chi connectivity index (χ4v) is 10.5. The van der Waals surface area contributed by atoms with Crippen molar-refractivity contribution in [2.45, 2.75) is 19.3 Å². The van der Waals surface area contributed by atoms with E-state index in [-0.39, 0.29) is 5.41 Å². The van der Waals surface area contributed by atoms with Crippen LogP contribution in [0.5, 0.6) is 0 Å². The summed E-state index contributed by atoms with van der Waals surface area (Å²) in [7, 11) is 0. The molecule has 0 radical (unpaired) electrons. The van der Waals surface area contributed by atoms with Crippen LogP contribution >= 0.6 is 0 Å². The number of anilines is 3. The van der Waals surface area contributed by atoms with Crippen molar-refractivity contribution in [1.82, 2.24) is 0 Å². The summed E-state index contributed by atoms with van der Waals surface area (Å²) in [6.07, 6.45) is 0. The van der Waals surface area contributed by atoms with Gasteiger partial charge in [-0.1, -0.05) is 196 Å². The van der Waals surface area contributed by atoms with Crippen molar-refractivity contribution in [3.63, 3.8) is 0 Å². The molecule has 0 amide bonds. The lowest BCUT2D eigenvalue weighted by molar-refractivity contribution is 0.662. The second kappa shape index (κ2) is 14.2. The Morgan fingerprint density at radius 3 is 1.56 bits per heavy atom. The summed E-state index contributed by atoms with van der Waals surface area (Å²) in [6, 6.07) is 82.9. The Morgan fingerprint density at radius 2 is 0.790 bits per heavy atom. The number of hydrogen-bond donors (Lipinski definition) is 0. The summed E-state index contributed by atoms with van der Waals surface area (Å²) >= 11 is 0. The number of benzene rings is 11. The molecule has 292 valence electrons. The zero-order chi connectivity index (χ0) is 41.4. The van der Waals surface area contributed by atoms with Gasteiger partial charge in [-0.15, -0.1) is 0 Å². The molecule has 0 saturated heterocycles. The molecule has 0 bridgehead atoms. The van der Waals surface area contributed by atoms with Gasteiger partial charge in [0.15, 0.2) is 0 Å². The Bertz CT molecular complexity index is 3510. The Morgan fingerprint density at radius 1 is 0.290 bits per heavy atom. The summed E-state index contributed by atoms with van der Waals surface area (Å²) < 4.78 is 0. The number of rotatable bonds is 6. The first-order valence-electron chi connectivity index (χ1n) is 21.7. The van der Waals surface area contributed by atoms with Crippen molar-refractivity contribution in [3.05, 3.63) is 236 Å². The van der Waals surface area contributed by atoms with Crippen LogP contribution in [0, 0.1) is 0 Å². The molecule has 0 aromatic heterocycles. The largest absolute Gasteiger partial charge is 0.310 e. The minimum atomic E-state index is -0.101. The maximum absolute atomic E-state index is 2.43. The zero-order valence-corrected chi connectivity index (χ0v) is 34.8. The van der Waals surface area contributed by atoms with Crippen molar-refractivity contribution in [2.75, 3.05) is 4.90 Å². The Balaban J connectivity index is 1.02. The molecule has 0 fully saturated rings. The van der Waals surface area contributed by atoms with Gasteiger partial charge in [0.25, 0.3) is 0 Å². The summed E-state index contributed by atoms with van der Waals surface area (Å²) in [5.41, 5.74) is 16.0. The van der Waals surface area contributed by atoms with Gasteiger partial charge in [0.1, 0.15) is 0 Å². The van der Waals surface area contributed by atoms with Gasteiger partial charge < -0.3 is 4.90 Å². The van der Waals surface area contributed by atoms with E-state index in [0.29, 0.717) is 0 Å². The van der Waals surface area contributed by atoms with E-state index in [1.807, 2.05) is 0 Å². The van der Waals surface area contributed by atoms with E-state index >= 15 is 0 Å². The third kappa shape index (κ3) is 5.70. The van der Waals surface area contributed by atoms with Gasteiger partial charge in [0, 0.05) is 22.5 Å². The predicted octanol–water partition coefficient (Wildman–Crippen LogP) is 17.1. The molecule has 0 saturated carbocycles. The lowest BCUT2D eigenvalue weighted by Gasteiger charge is -2.27. The number of fused-ring (bicyclic) bond motifs is 10. The van der Waals surface area contributed by atoms with E-state index in [9.17, 15) is 0 Å². The van der Waals surface area contributed by atoms with Crippen molar-refractivity contribution < 1.29 is 0 Å². The van der Waals surface area contributed by atoms with Crippen LogP contribution in [-0.2, 0) is 5.41 Å². The molecule has 0 unspecified atom stereocenters. The minimum Gasteiger partial charge on any atom is -0.310 e. The Kier molecular flexibility index (Phi) is 8.27. The molecular weight excluding hydrogens is 747 g/mol. The fourth-order valence-electron chi connectivity index (χ4n) is 10.5. The predicted molar refractivity (Wildman–Crippen MR) is 265 cm³/mol. The topological polar surface area (TPSA) is 3.24 Å². The monoisotopic (exact) mass is 789 g/mol. The molecule has 0 N–H and O–H groups in total. The highest BCUT2D eigenvalue weighted by atomic mass is 15.1. The molecule has 11 aromatic rings. The van der Waals surface area contributed by atoms with E-state index in [2.05, 4.69) is 243 Å². The molecule has 0 heterocycles. The first kappa shape index (κ1) is 36.1. The molecule has 0 aliphatic heterocycles. The van der Waals surface area contributed by atoms with Crippen LogP contribution in [-0.4, -0.2) is 0 Å². The highest BCUT2D eigenvalue weighted by Gasteiger charge is 2.37. The van der Waals surface area contributed by atoms with Crippen molar-refractivity contribution in [1.29, 1.82) is 0 Å². The smallest absolute Gasteiger partial charge is 0.0468 e. The van der Waals surface area contributed by atoms with Crippen molar-refractivity contribution in [2.24, 2.45) is 0 Å². The molecule has 1 aliphatic rings. The van der Waals surface area contributed by atoms with Gasteiger partial charge >= 0.3 is 0 Å². The van der Waals surface area contributed by atoms with Crippen molar-refractivity contribution >= 4 is 60.2 Å². The van der Waals surface area contributed by atoms with Crippen LogP contribution in [0.2, 0.25) is 0 Å². The van der Waals surface area contributed by atoms with Gasteiger partial charge in [-0.05, 0) is 141 Å². The Labute approximate surface area is 362 Å². The third-order valence-corrected chi connectivity index (χ3v) is 13.4. The molecule has 62 heavy (non-hydrogen) atoms. The molecule has 1 nitrogen and oxygen atoms in total. The molecule has 1 heteroatoms. The van der Waals surface area contributed by atoms with Crippen LogP contribution in [0.25, 0.3) is 87.6 Å². The first-order chi connectivity index (χ1) is 30.5. The van der Waals surface area contributed by atoms with Crippen LogP contribution in [0.15, 0.2) is 224 Å². The van der Waals surface area contributed by atoms with Gasteiger partial charge in [0.2, 0.25) is 0 Å². The van der Waals surface area contributed by atoms with E-state index in [1.54, 1.807) is 0 Å². The minimum absolute atomic E-state index is 0.101. The van der Waals surface area contributed by atoms with Crippen LogP contribution in [0.4, 0.5) is 17.1 Å². The van der Waals surface area contributed by atoms with E-state index in [1.165, 1.54) is 98.7 Å². The maximum Gasteiger partial charge on any atom is 0.0468 e. The van der Waals surface area contributed by atoms with Gasteiger partial charge in [-0.25, -0.2) is 0 Å². The van der Waals surface area contributed by atoms with Crippen LogP contribution < -0.4 is 4.90 Å². The second-order valence-electron chi connectivity index (χ2n) is 17.3. The van der Waals surface area contributed by atoms with E-state index in [4.69, 9.17) is 0 Å². The average Bonchev–Trinajstić information content (AvgIpc) is 3.57. The summed E-state index contributed by atoms with van der Waals surface area (Å²) in [5, 5.41) is 10.1. The summed E-state index contributed by atoms with van der Waals surface area (Å²) in [4.78, 5) is 2.43. The quantitative estimate of drug-likeness (QED) is 0.152. The van der Waals surface area contributed by atoms with E-state index < -0.39 is 0 Å². The lowest BCUT2D eigenvalue weighted by atomic mass is 9.79.